The second kappa shape index (κ2) is 6.99. The van der Waals surface area contributed by atoms with Gasteiger partial charge in [-0.3, -0.25) is 0 Å². The Morgan fingerprint density at radius 3 is 2.20 bits per heavy atom. The molecule has 2 rings (SSSR count). The Labute approximate surface area is 133 Å². The Morgan fingerprint density at radius 2 is 1.60 bits per heavy atom. The number of rotatable bonds is 4. The van der Waals surface area contributed by atoms with E-state index >= 15 is 0 Å². The Bertz CT molecular complexity index is 629. The summed E-state index contributed by atoms with van der Waals surface area (Å²) in [4.78, 5) is 0. The molecule has 0 aliphatic rings. The van der Waals surface area contributed by atoms with Gasteiger partial charge < -0.3 is 0 Å². The number of nitrogens with zero attached hydrogens (tertiary/aromatic N) is 1. The molecule has 1 nitrogen and oxygen atoms in total. The molecular formula is C16H12Cl3N. The molecule has 20 heavy (non-hydrogen) atoms. The largest absolute Gasteiger partial charge is 0.198 e. The fourth-order valence-corrected chi connectivity index (χ4v) is 2.70. The van der Waals surface area contributed by atoms with Gasteiger partial charge in [-0.15, -0.1) is 0 Å². The summed E-state index contributed by atoms with van der Waals surface area (Å²) in [5, 5.41) is 11.2. The third kappa shape index (κ3) is 3.90. The SMILES string of the molecule is N#C[C@H](CCc1ccc(Cl)cc1)c1ccc(Cl)cc1Cl. The molecule has 102 valence electrons. The highest BCUT2D eigenvalue weighted by Gasteiger charge is 2.14. The molecule has 0 amide bonds. The molecule has 0 unspecified atom stereocenters. The van der Waals surface area contributed by atoms with Crippen LogP contribution in [0.4, 0.5) is 0 Å². The van der Waals surface area contributed by atoms with Crippen molar-refractivity contribution in [1.29, 1.82) is 5.26 Å². The van der Waals surface area contributed by atoms with Crippen LogP contribution < -0.4 is 0 Å². The lowest BCUT2D eigenvalue weighted by Gasteiger charge is -2.11. The molecule has 0 aliphatic heterocycles. The maximum Gasteiger partial charge on any atom is 0.0730 e. The molecule has 0 heterocycles. The van der Waals surface area contributed by atoms with Gasteiger partial charge in [0, 0.05) is 15.1 Å². The highest BCUT2D eigenvalue weighted by atomic mass is 35.5. The van der Waals surface area contributed by atoms with Gasteiger partial charge in [0.15, 0.2) is 0 Å². The molecule has 4 heteroatoms. The lowest BCUT2D eigenvalue weighted by atomic mass is 9.93. The van der Waals surface area contributed by atoms with Crippen molar-refractivity contribution in [3.8, 4) is 6.07 Å². The number of aryl methyl sites for hydroxylation is 1. The summed E-state index contributed by atoms with van der Waals surface area (Å²) in [6.45, 7) is 0. The number of benzene rings is 2. The van der Waals surface area contributed by atoms with Crippen LogP contribution in [0.15, 0.2) is 42.5 Å². The molecule has 0 aliphatic carbocycles. The van der Waals surface area contributed by atoms with Gasteiger partial charge in [-0.25, -0.2) is 0 Å². The predicted octanol–water partition coefficient (Wildman–Crippen LogP) is 5.89. The fourth-order valence-electron chi connectivity index (χ4n) is 2.04. The van der Waals surface area contributed by atoms with Crippen LogP contribution in [0.3, 0.4) is 0 Å². The van der Waals surface area contributed by atoms with Crippen LogP contribution in [0.25, 0.3) is 0 Å². The summed E-state index contributed by atoms with van der Waals surface area (Å²) < 4.78 is 0. The van der Waals surface area contributed by atoms with Gasteiger partial charge in [-0.2, -0.15) is 5.26 Å². The highest BCUT2D eigenvalue weighted by Crippen LogP contribution is 2.30. The van der Waals surface area contributed by atoms with Gasteiger partial charge in [-0.1, -0.05) is 53.0 Å². The average Bonchev–Trinajstić information content (AvgIpc) is 2.43. The molecular weight excluding hydrogens is 313 g/mol. The van der Waals surface area contributed by atoms with E-state index in [2.05, 4.69) is 6.07 Å². The number of nitriles is 1. The molecule has 0 saturated carbocycles. The van der Waals surface area contributed by atoms with Crippen LogP contribution in [-0.2, 0) is 6.42 Å². The van der Waals surface area contributed by atoms with Crippen molar-refractivity contribution in [3.05, 3.63) is 68.7 Å². The van der Waals surface area contributed by atoms with E-state index in [0.29, 0.717) is 21.5 Å². The molecule has 0 aromatic heterocycles. The lowest BCUT2D eigenvalue weighted by molar-refractivity contribution is 0.746. The van der Waals surface area contributed by atoms with Crippen molar-refractivity contribution >= 4 is 34.8 Å². The van der Waals surface area contributed by atoms with Crippen LogP contribution in [0.1, 0.15) is 23.5 Å². The van der Waals surface area contributed by atoms with Gasteiger partial charge in [0.2, 0.25) is 0 Å². The van der Waals surface area contributed by atoms with E-state index in [1.165, 1.54) is 0 Å². The van der Waals surface area contributed by atoms with Crippen molar-refractivity contribution < 1.29 is 0 Å². The first kappa shape index (κ1) is 15.2. The van der Waals surface area contributed by atoms with Crippen LogP contribution in [-0.4, -0.2) is 0 Å². The second-order valence-corrected chi connectivity index (χ2v) is 5.79. The Kier molecular flexibility index (Phi) is 5.31. The number of hydrogen-bond acceptors (Lipinski definition) is 1. The minimum absolute atomic E-state index is 0.240. The first-order valence-corrected chi connectivity index (χ1v) is 7.32. The van der Waals surface area contributed by atoms with E-state index in [1.54, 1.807) is 12.1 Å². The summed E-state index contributed by atoms with van der Waals surface area (Å²) in [5.41, 5.74) is 1.98. The third-order valence-electron chi connectivity index (χ3n) is 3.13. The molecule has 0 bridgehead atoms. The van der Waals surface area contributed by atoms with E-state index in [1.807, 2.05) is 30.3 Å². The van der Waals surface area contributed by atoms with Crippen LogP contribution in [0, 0.1) is 11.3 Å². The lowest BCUT2D eigenvalue weighted by Crippen LogP contribution is -1.99. The van der Waals surface area contributed by atoms with Crippen LogP contribution in [0.2, 0.25) is 15.1 Å². The van der Waals surface area contributed by atoms with Crippen molar-refractivity contribution in [2.24, 2.45) is 0 Å². The number of hydrogen-bond donors (Lipinski definition) is 0. The molecule has 0 fully saturated rings. The van der Waals surface area contributed by atoms with Crippen molar-refractivity contribution in [3.63, 3.8) is 0 Å². The molecule has 0 saturated heterocycles. The number of halogens is 3. The molecule has 2 aromatic rings. The monoisotopic (exact) mass is 323 g/mol. The zero-order valence-corrected chi connectivity index (χ0v) is 12.9. The first-order chi connectivity index (χ1) is 9.60. The standard InChI is InChI=1S/C16H12Cl3N/c17-13-5-2-11(3-6-13)1-4-12(10-20)15-8-7-14(18)9-16(15)19/h2-3,5-9,12H,1,4H2/t12-/m0/s1. The average molecular weight is 325 g/mol. The summed E-state index contributed by atoms with van der Waals surface area (Å²) in [6.07, 6.45) is 1.51. The van der Waals surface area contributed by atoms with E-state index in [4.69, 9.17) is 34.8 Å². The van der Waals surface area contributed by atoms with Crippen LogP contribution in [0.5, 0.6) is 0 Å². The second-order valence-electron chi connectivity index (χ2n) is 4.51. The van der Waals surface area contributed by atoms with Crippen molar-refractivity contribution in [1.82, 2.24) is 0 Å². The quantitative estimate of drug-likeness (QED) is 0.688. The minimum Gasteiger partial charge on any atom is -0.198 e. The highest BCUT2D eigenvalue weighted by molar-refractivity contribution is 6.35. The summed E-state index contributed by atoms with van der Waals surface area (Å²) in [6, 6.07) is 15.2. The molecule has 0 spiro atoms. The van der Waals surface area contributed by atoms with Gasteiger partial charge in [0.25, 0.3) is 0 Å². The van der Waals surface area contributed by atoms with Gasteiger partial charge in [0.05, 0.1) is 12.0 Å². The third-order valence-corrected chi connectivity index (χ3v) is 3.94. The predicted molar refractivity (Wildman–Crippen MR) is 84.6 cm³/mol. The van der Waals surface area contributed by atoms with Crippen molar-refractivity contribution in [2.45, 2.75) is 18.8 Å². The molecule has 1 atom stereocenters. The summed E-state index contributed by atoms with van der Waals surface area (Å²) in [7, 11) is 0. The molecule has 0 radical (unpaired) electrons. The Balaban J connectivity index is 2.09. The zero-order chi connectivity index (χ0) is 14.5. The minimum atomic E-state index is -0.240. The summed E-state index contributed by atoms with van der Waals surface area (Å²) in [5.74, 6) is -0.240. The maximum absolute atomic E-state index is 9.33. The molecule has 0 N–H and O–H groups in total. The first-order valence-electron chi connectivity index (χ1n) is 6.19. The van der Waals surface area contributed by atoms with E-state index in [9.17, 15) is 5.26 Å². The zero-order valence-electron chi connectivity index (χ0n) is 10.6. The Morgan fingerprint density at radius 1 is 0.950 bits per heavy atom. The smallest absolute Gasteiger partial charge is 0.0730 e. The summed E-state index contributed by atoms with van der Waals surface area (Å²) >= 11 is 17.9. The fraction of sp³-hybridized carbons (Fsp3) is 0.188. The van der Waals surface area contributed by atoms with E-state index < -0.39 is 0 Å². The normalized spacial score (nSPS) is 11.9. The van der Waals surface area contributed by atoms with Crippen molar-refractivity contribution in [2.75, 3.05) is 0 Å². The van der Waals surface area contributed by atoms with E-state index in [-0.39, 0.29) is 5.92 Å². The van der Waals surface area contributed by atoms with Gasteiger partial charge in [0.1, 0.15) is 0 Å². The van der Waals surface area contributed by atoms with Gasteiger partial charge in [-0.05, 0) is 48.2 Å². The van der Waals surface area contributed by atoms with Crippen LogP contribution >= 0.6 is 34.8 Å². The Hall–Kier alpha value is -1.20. The van der Waals surface area contributed by atoms with E-state index in [0.717, 1.165) is 17.5 Å². The maximum atomic E-state index is 9.33. The topological polar surface area (TPSA) is 23.8 Å². The molecule has 2 aromatic carbocycles. The van der Waals surface area contributed by atoms with Gasteiger partial charge >= 0.3 is 0 Å².